The number of benzene rings is 3. The van der Waals surface area contributed by atoms with E-state index in [0.717, 1.165) is 17.7 Å². The number of amides is 1. The van der Waals surface area contributed by atoms with Crippen molar-refractivity contribution >= 4 is 63.2 Å². The van der Waals surface area contributed by atoms with Crippen molar-refractivity contribution in [2.75, 3.05) is 66.6 Å². The molecule has 1 aliphatic carbocycles. The van der Waals surface area contributed by atoms with Crippen molar-refractivity contribution in [1.82, 2.24) is 19.9 Å². The van der Waals surface area contributed by atoms with Gasteiger partial charge in [-0.1, -0.05) is 62.3 Å². The fourth-order valence-electron chi connectivity index (χ4n) is 7.42. The maximum absolute atomic E-state index is 15.8. The van der Waals surface area contributed by atoms with Gasteiger partial charge in [-0.05, 0) is 66.8 Å². The van der Waals surface area contributed by atoms with E-state index in [1.54, 1.807) is 16.7 Å². The molecule has 20 heteroatoms. The van der Waals surface area contributed by atoms with Crippen molar-refractivity contribution in [2.45, 2.75) is 81.5 Å². The Balaban J connectivity index is 0.919. The van der Waals surface area contributed by atoms with Crippen LogP contribution in [0.4, 0.5) is 36.2 Å². The zero-order valence-corrected chi connectivity index (χ0v) is 37.3. The molecular formula is C44H53ClF3N9O6S. The number of thioether (sulfide) groups is 1. The molecule has 1 unspecified atom stereocenters. The van der Waals surface area contributed by atoms with E-state index in [1.807, 2.05) is 32.0 Å². The summed E-state index contributed by atoms with van der Waals surface area (Å²) >= 11 is 7.55. The maximum Gasteiger partial charge on any atom is 0.586 e. The summed E-state index contributed by atoms with van der Waals surface area (Å²) in [7, 11) is 0. The molecule has 7 rings (SSSR count). The molecule has 1 atom stereocenters. The number of halogens is 4. The summed E-state index contributed by atoms with van der Waals surface area (Å²) in [6, 6.07) is 16.2. The Bertz CT molecular complexity index is 2460. The Morgan fingerprint density at radius 3 is 2.53 bits per heavy atom. The van der Waals surface area contributed by atoms with Crippen molar-refractivity contribution in [1.29, 1.82) is 0 Å². The predicted molar refractivity (Wildman–Crippen MR) is 242 cm³/mol. The molecule has 1 amide bonds. The highest BCUT2D eigenvalue weighted by Crippen LogP contribution is 2.52. The number of carbonyl (C=O) groups excluding carboxylic acids is 1. The summed E-state index contributed by atoms with van der Waals surface area (Å²) < 4.78 is 59.8. The van der Waals surface area contributed by atoms with Gasteiger partial charge in [-0.25, -0.2) is 20.2 Å². The van der Waals surface area contributed by atoms with E-state index in [-0.39, 0.29) is 36.9 Å². The molecule has 1 saturated carbocycles. The van der Waals surface area contributed by atoms with Crippen LogP contribution in [0.15, 0.2) is 65.8 Å². The summed E-state index contributed by atoms with van der Waals surface area (Å²) in [5.74, 6) is 6.60. The molecule has 15 nitrogen and oxygen atoms in total. The van der Waals surface area contributed by atoms with Gasteiger partial charge in [-0.3, -0.25) is 9.80 Å². The molecule has 0 saturated heterocycles. The van der Waals surface area contributed by atoms with Gasteiger partial charge in [-0.15, -0.1) is 8.78 Å². The average molecular weight is 928 g/mol. The Kier molecular flexibility index (Phi) is 14.4. The third-order valence-electron chi connectivity index (χ3n) is 11.1. The number of aromatic nitrogens is 3. The molecule has 9 N–H and O–H groups in total. The monoisotopic (exact) mass is 927 g/mol. The van der Waals surface area contributed by atoms with Crippen molar-refractivity contribution in [3.05, 3.63) is 88.3 Å². The topological polar surface area (TPSA) is 207 Å². The van der Waals surface area contributed by atoms with Gasteiger partial charge in [0.05, 0.1) is 55.6 Å². The van der Waals surface area contributed by atoms with E-state index in [0.29, 0.717) is 95.4 Å². The average Bonchev–Trinajstić information content (AvgIpc) is 3.91. The standard InChI is InChI=1S/C44H53ClF3N9O6S/c1-4-17-64-41-54-38(37(49)39(55-41)57(50)23-26-5-8-29(45)9-6-26)52-14-16-61-15-13-51-22-30(59)24-56-33-21-31(46)32(18-27(33)19-36(56)42(2,3)25-58)53-40(60)43(11-12-43)28-7-10-34-35(20-28)63-44(47,48)62-34/h5-10,18-21,30,51,58-59H,4,11-17,22-25,49-50H2,1-3H3,(H,53,60)(H,52,54,55). The molecule has 0 radical (unpaired) electrons. The number of rotatable bonds is 22. The number of hydrazine groups is 1. The third-order valence-corrected chi connectivity index (χ3v) is 12.4. The minimum atomic E-state index is -3.80. The second kappa shape index (κ2) is 19.6. The van der Waals surface area contributed by atoms with Crippen LogP contribution in [0.3, 0.4) is 0 Å². The van der Waals surface area contributed by atoms with Crippen molar-refractivity contribution < 1.29 is 42.4 Å². The van der Waals surface area contributed by atoms with Crippen LogP contribution in [0.2, 0.25) is 5.02 Å². The smallest absolute Gasteiger partial charge is 0.395 e. The number of nitrogens with zero attached hydrogens (tertiary/aromatic N) is 4. The Morgan fingerprint density at radius 1 is 1.08 bits per heavy atom. The molecule has 3 aromatic carbocycles. The van der Waals surface area contributed by atoms with Crippen molar-refractivity contribution in [2.24, 2.45) is 5.84 Å². The zero-order chi connectivity index (χ0) is 45.8. The number of nitrogens with two attached hydrogens (primary N) is 2. The van der Waals surface area contributed by atoms with E-state index in [9.17, 15) is 23.8 Å². The van der Waals surface area contributed by atoms with Crippen LogP contribution in [-0.4, -0.2) is 88.3 Å². The van der Waals surface area contributed by atoms with Crippen LogP contribution in [-0.2, 0) is 33.5 Å². The first-order chi connectivity index (χ1) is 30.5. The molecule has 5 aromatic rings. The van der Waals surface area contributed by atoms with Crippen LogP contribution in [0.1, 0.15) is 56.9 Å². The first-order valence-corrected chi connectivity index (χ1v) is 22.3. The number of hydrogen-bond donors (Lipinski definition) is 7. The molecule has 2 aromatic heterocycles. The molecule has 0 spiro atoms. The van der Waals surface area contributed by atoms with E-state index < -0.39 is 35.0 Å². The zero-order valence-electron chi connectivity index (χ0n) is 35.7. The quantitative estimate of drug-likeness (QED) is 0.0130. The fraction of sp³-hybridized carbons (Fsp3) is 0.432. The second-order valence-electron chi connectivity index (χ2n) is 16.5. The summed E-state index contributed by atoms with van der Waals surface area (Å²) in [4.78, 5) is 22.9. The highest BCUT2D eigenvalue weighted by molar-refractivity contribution is 7.99. The van der Waals surface area contributed by atoms with Gasteiger partial charge in [0, 0.05) is 53.0 Å². The summed E-state index contributed by atoms with van der Waals surface area (Å²) in [6.45, 7) is 7.67. The number of fused-ring (bicyclic) bond motifs is 2. The third kappa shape index (κ3) is 10.7. The first-order valence-electron chi connectivity index (χ1n) is 21.0. The number of anilines is 4. The van der Waals surface area contributed by atoms with Crippen LogP contribution in [0, 0.1) is 5.82 Å². The Hall–Kier alpha value is -5.02. The number of nitrogen functional groups attached to an aromatic ring is 1. The minimum absolute atomic E-state index is 0.0626. The lowest BCUT2D eigenvalue weighted by atomic mass is 9.90. The molecular weight excluding hydrogens is 875 g/mol. The van der Waals surface area contributed by atoms with E-state index in [2.05, 4.69) is 42.3 Å². The van der Waals surface area contributed by atoms with Crippen LogP contribution in [0.25, 0.3) is 10.9 Å². The van der Waals surface area contributed by atoms with Crippen molar-refractivity contribution in [3.8, 4) is 11.5 Å². The Morgan fingerprint density at radius 2 is 1.81 bits per heavy atom. The van der Waals surface area contributed by atoms with E-state index in [4.69, 9.17) is 27.9 Å². The number of hydrogen-bond acceptors (Lipinski definition) is 14. The molecule has 1 aliphatic heterocycles. The van der Waals surface area contributed by atoms with E-state index >= 15 is 4.39 Å². The van der Waals surface area contributed by atoms with Crippen LogP contribution < -0.4 is 42.0 Å². The molecule has 344 valence electrons. The van der Waals surface area contributed by atoms with Gasteiger partial charge >= 0.3 is 6.29 Å². The van der Waals surface area contributed by atoms with E-state index in [1.165, 1.54) is 47.1 Å². The molecule has 3 heterocycles. The lowest BCUT2D eigenvalue weighted by Gasteiger charge is -2.26. The number of aliphatic hydroxyl groups is 2. The highest BCUT2D eigenvalue weighted by Gasteiger charge is 2.53. The maximum atomic E-state index is 15.8. The summed E-state index contributed by atoms with van der Waals surface area (Å²) in [5.41, 5.74) is 7.44. The number of alkyl halides is 2. The van der Waals surface area contributed by atoms with Gasteiger partial charge in [0.2, 0.25) is 5.91 Å². The number of ether oxygens (including phenoxy) is 3. The molecule has 2 aliphatic rings. The number of aliphatic hydroxyl groups excluding tert-OH is 2. The first kappa shape index (κ1) is 47.0. The lowest BCUT2D eigenvalue weighted by molar-refractivity contribution is -0.286. The van der Waals surface area contributed by atoms with Gasteiger partial charge in [0.25, 0.3) is 0 Å². The number of carbonyl (C=O) groups is 1. The summed E-state index contributed by atoms with van der Waals surface area (Å²) in [5, 5.41) is 33.8. The fourth-order valence-corrected chi connectivity index (χ4v) is 8.24. The SMILES string of the molecule is CCCSc1nc(NCCOCCNCC(O)Cn2c(C(C)(C)CO)cc3cc(NC(=O)C4(c5ccc6c(c5)OC(F)(F)O6)CC4)c(F)cc32)c(N)c(N(N)Cc2ccc(Cl)cc2)n1. The van der Waals surface area contributed by atoms with Crippen LogP contribution >= 0.6 is 23.4 Å². The lowest BCUT2D eigenvalue weighted by Crippen LogP contribution is -2.34. The largest absolute Gasteiger partial charge is 0.586 e. The van der Waals surface area contributed by atoms with Gasteiger partial charge < -0.3 is 50.7 Å². The predicted octanol–water partition coefficient (Wildman–Crippen LogP) is 6.53. The van der Waals surface area contributed by atoms with Gasteiger partial charge in [0.15, 0.2) is 28.3 Å². The summed E-state index contributed by atoms with van der Waals surface area (Å²) in [6.07, 6.45) is -2.90. The van der Waals surface area contributed by atoms with Crippen LogP contribution in [0.5, 0.6) is 11.5 Å². The molecule has 1 fully saturated rings. The minimum Gasteiger partial charge on any atom is -0.395 e. The van der Waals surface area contributed by atoms with Gasteiger partial charge in [0.1, 0.15) is 11.5 Å². The normalized spacial score (nSPS) is 15.3. The van der Waals surface area contributed by atoms with Crippen molar-refractivity contribution in [3.63, 3.8) is 0 Å². The highest BCUT2D eigenvalue weighted by atomic mass is 35.5. The molecule has 64 heavy (non-hydrogen) atoms. The molecule has 0 bridgehead atoms. The number of nitrogens with one attached hydrogen (secondary N) is 3. The second-order valence-corrected chi connectivity index (χ2v) is 18.0. The Labute approximate surface area is 378 Å². The van der Waals surface area contributed by atoms with Gasteiger partial charge in [-0.2, -0.15) is 0 Å².